The predicted molar refractivity (Wildman–Crippen MR) is 93.8 cm³/mol. The zero-order valence-corrected chi connectivity index (χ0v) is 14.4. The molecule has 3 heterocycles. The van der Waals surface area contributed by atoms with E-state index in [1.54, 1.807) is 11.0 Å². The van der Waals surface area contributed by atoms with E-state index in [0.717, 1.165) is 24.1 Å². The third-order valence-electron chi connectivity index (χ3n) is 4.93. The molecule has 2 saturated heterocycles. The van der Waals surface area contributed by atoms with Crippen LogP contribution in [0, 0.1) is 6.92 Å². The van der Waals surface area contributed by atoms with Crippen molar-refractivity contribution in [2.24, 2.45) is 0 Å². The first-order valence-corrected chi connectivity index (χ1v) is 8.21. The summed E-state index contributed by atoms with van der Waals surface area (Å²) in [5, 5.41) is 10.9. The Kier molecular flexibility index (Phi) is 4.87. The quantitative estimate of drug-likeness (QED) is 0.891. The van der Waals surface area contributed by atoms with Crippen LogP contribution in [0.2, 0.25) is 0 Å². The third kappa shape index (κ3) is 3.30. The lowest BCUT2D eigenvalue weighted by Gasteiger charge is -2.29. The maximum absolute atomic E-state index is 12.5. The molecular formula is C17H22ClN5O. The number of piperidine rings is 1. The Labute approximate surface area is 147 Å². The van der Waals surface area contributed by atoms with Crippen molar-refractivity contribution in [2.75, 3.05) is 0 Å². The number of nitrogens with one attached hydrogen (secondary N) is 2. The van der Waals surface area contributed by atoms with Crippen LogP contribution in [0.3, 0.4) is 0 Å². The topological polar surface area (TPSA) is 71.8 Å². The summed E-state index contributed by atoms with van der Waals surface area (Å²) in [6, 6.07) is 7.14. The summed E-state index contributed by atoms with van der Waals surface area (Å²) in [5.41, 5.74) is 2.66. The Morgan fingerprint density at radius 3 is 2.67 bits per heavy atom. The first-order chi connectivity index (χ1) is 11.2. The summed E-state index contributed by atoms with van der Waals surface area (Å²) in [6.45, 7) is 1.98. The molecule has 0 aliphatic carbocycles. The molecule has 6 nitrogen and oxygen atoms in total. The van der Waals surface area contributed by atoms with E-state index in [4.69, 9.17) is 0 Å². The summed E-state index contributed by atoms with van der Waals surface area (Å²) in [4.78, 5) is 16.5. The molecule has 2 atom stereocenters. The molecule has 24 heavy (non-hydrogen) atoms. The van der Waals surface area contributed by atoms with E-state index < -0.39 is 0 Å². The van der Waals surface area contributed by atoms with Crippen molar-refractivity contribution in [3.63, 3.8) is 0 Å². The largest absolute Gasteiger partial charge is 0.349 e. The van der Waals surface area contributed by atoms with Gasteiger partial charge in [-0.1, -0.05) is 0 Å². The predicted octanol–water partition coefficient (Wildman–Crippen LogP) is 2.01. The van der Waals surface area contributed by atoms with Crippen molar-refractivity contribution < 1.29 is 4.79 Å². The molecule has 2 bridgehead atoms. The van der Waals surface area contributed by atoms with Crippen molar-refractivity contribution in [3.8, 4) is 5.69 Å². The van der Waals surface area contributed by atoms with Gasteiger partial charge in [0.2, 0.25) is 0 Å². The molecule has 0 saturated carbocycles. The van der Waals surface area contributed by atoms with Gasteiger partial charge < -0.3 is 10.6 Å². The van der Waals surface area contributed by atoms with Gasteiger partial charge in [-0.3, -0.25) is 4.79 Å². The van der Waals surface area contributed by atoms with E-state index in [2.05, 4.69) is 20.7 Å². The first kappa shape index (κ1) is 16.9. The normalized spacial score (nSPS) is 25.1. The van der Waals surface area contributed by atoms with Gasteiger partial charge in [0.25, 0.3) is 5.91 Å². The highest BCUT2D eigenvalue weighted by Gasteiger charge is 2.34. The van der Waals surface area contributed by atoms with E-state index in [0.29, 0.717) is 17.6 Å². The lowest BCUT2D eigenvalue weighted by Crippen LogP contribution is -2.48. The summed E-state index contributed by atoms with van der Waals surface area (Å²) in [6.07, 6.45) is 7.72. The Morgan fingerprint density at radius 2 is 2.04 bits per heavy atom. The van der Waals surface area contributed by atoms with Gasteiger partial charge in [0.15, 0.2) is 0 Å². The van der Waals surface area contributed by atoms with Gasteiger partial charge in [-0.05, 0) is 56.4 Å². The zero-order valence-electron chi connectivity index (χ0n) is 13.6. The molecule has 4 rings (SSSR count). The average Bonchev–Trinajstić information content (AvgIpc) is 3.17. The van der Waals surface area contributed by atoms with Crippen molar-refractivity contribution in [2.45, 2.75) is 50.7 Å². The minimum absolute atomic E-state index is 0. The van der Waals surface area contributed by atoms with Gasteiger partial charge in [-0.15, -0.1) is 12.4 Å². The van der Waals surface area contributed by atoms with Crippen molar-refractivity contribution >= 4 is 18.3 Å². The molecule has 1 aromatic carbocycles. The van der Waals surface area contributed by atoms with Crippen LogP contribution >= 0.6 is 12.4 Å². The van der Waals surface area contributed by atoms with Crippen molar-refractivity contribution in [1.29, 1.82) is 0 Å². The van der Waals surface area contributed by atoms with Gasteiger partial charge in [-0.25, -0.2) is 9.67 Å². The molecule has 0 radical (unpaired) electrons. The number of halogens is 1. The molecule has 128 valence electrons. The lowest BCUT2D eigenvalue weighted by molar-refractivity contribution is 0.0924. The van der Waals surface area contributed by atoms with Crippen LogP contribution in [0.15, 0.2) is 30.9 Å². The van der Waals surface area contributed by atoms with E-state index in [1.807, 2.05) is 25.1 Å². The van der Waals surface area contributed by atoms with Crippen LogP contribution in [-0.4, -0.2) is 38.8 Å². The number of fused-ring (bicyclic) bond motifs is 2. The van der Waals surface area contributed by atoms with Crippen molar-refractivity contribution in [1.82, 2.24) is 25.4 Å². The fraction of sp³-hybridized carbons (Fsp3) is 0.471. The van der Waals surface area contributed by atoms with Gasteiger partial charge >= 0.3 is 0 Å². The number of carbonyl (C=O) groups is 1. The molecule has 2 unspecified atom stereocenters. The number of rotatable bonds is 3. The summed E-state index contributed by atoms with van der Waals surface area (Å²) >= 11 is 0. The summed E-state index contributed by atoms with van der Waals surface area (Å²) in [7, 11) is 0. The van der Waals surface area contributed by atoms with Crippen LogP contribution in [0.4, 0.5) is 0 Å². The Balaban J connectivity index is 0.00000169. The number of carbonyl (C=O) groups excluding carboxylic acids is 1. The fourth-order valence-corrected chi connectivity index (χ4v) is 3.83. The summed E-state index contributed by atoms with van der Waals surface area (Å²) in [5.74, 6) is 0.0181. The molecule has 2 aliphatic heterocycles. The minimum Gasteiger partial charge on any atom is -0.349 e. The Bertz CT molecular complexity index is 706. The van der Waals surface area contributed by atoms with Crippen molar-refractivity contribution in [3.05, 3.63) is 42.0 Å². The standard InChI is InChI=1S/C17H21N5O.ClH/c1-11-6-12(2-5-16(11)22-10-18-9-19-22)17(23)21-15-7-13-3-4-14(8-15)20-13;/h2,5-6,9-10,13-15,20H,3-4,7-8H2,1H3,(H,21,23);1H. The SMILES string of the molecule is Cc1cc(C(=O)NC2CC3CCC(C2)N3)ccc1-n1cncn1.Cl. The number of aromatic nitrogens is 3. The third-order valence-corrected chi connectivity index (χ3v) is 4.93. The van der Waals surface area contributed by atoms with Gasteiger partial charge in [0.1, 0.15) is 12.7 Å². The van der Waals surface area contributed by atoms with Gasteiger partial charge in [0, 0.05) is 23.7 Å². The van der Waals surface area contributed by atoms with Crippen LogP contribution in [-0.2, 0) is 0 Å². The molecule has 1 amide bonds. The number of nitrogens with zero attached hydrogens (tertiary/aromatic N) is 3. The molecular weight excluding hydrogens is 326 g/mol. The highest BCUT2D eigenvalue weighted by molar-refractivity contribution is 5.94. The van der Waals surface area contributed by atoms with Gasteiger partial charge in [-0.2, -0.15) is 5.10 Å². The second kappa shape index (κ2) is 6.91. The molecule has 7 heteroatoms. The van der Waals surface area contributed by atoms with Crippen LogP contribution < -0.4 is 10.6 Å². The maximum atomic E-state index is 12.5. The second-order valence-corrected chi connectivity index (χ2v) is 6.62. The monoisotopic (exact) mass is 347 g/mol. The average molecular weight is 348 g/mol. The van der Waals surface area contributed by atoms with E-state index in [1.165, 1.54) is 19.2 Å². The number of aryl methyl sites for hydroxylation is 1. The van der Waals surface area contributed by atoms with Crippen LogP contribution in [0.25, 0.3) is 5.69 Å². The molecule has 2 aliphatic rings. The minimum atomic E-state index is 0. The zero-order chi connectivity index (χ0) is 15.8. The van der Waals surface area contributed by atoms with Crippen LogP contribution in [0.1, 0.15) is 41.6 Å². The Morgan fingerprint density at radius 1 is 1.29 bits per heavy atom. The molecule has 0 spiro atoms. The molecule has 1 aromatic heterocycles. The second-order valence-electron chi connectivity index (χ2n) is 6.62. The lowest BCUT2D eigenvalue weighted by atomic mass is 9.99. The maximum Gasteiger partial charge on any atom is 0.251 e. The molecule has 2 N–H and O–H groups in total. The first-order valence-electron chi connectivity index (χ1n) is 8.21. The number of hydrogen-bond donors (Lipinski definition) is 2. The number of amides is 1. The Hall–Kier alpha value is -1.92. The smallest absolute Gasteiger partial charge is 0.251 e. The summed E-state index contributed by atoms with van der Waals surface area (Å²) < 4.78 is 1.71. The van der Waals surface area contributed by atoms with Crippen LogP contribution in [0.5, 0.6) is 0 Å². The van der Waals surface area contributed by atoms with Gasteiger partial charge in [0.05, 0.1) is 5.69 Å². The number of hydrogen-bond acceptors (Lipinski definition) is 4. The molecule has 2 aromatic rings. The highest BCUT2D eigenvalue weighted by atomic mass is 35.5. The van der Waals surface area contributed by atoms with E-state index >= 15 is 0 Å². The van der Waals surface area contributed by atoms with E-state index in [-0.39, 0.29) is 24.4 Å². The van der Waals surface area contributed by atoms with E-state index in [9.17, 15) is 4.79 Å². The number of benzene rings is 1. The molecule has 2 fully saturated rings. The highest BCUT2D eigenvalue weighted by Crippen LogP contribution is 2.27. The fourth-order valence-electron chi connectivity index (χ4n) is 3.83.